The van der Waals surface area contributed by atoms with Crippen LogP contribution in [0.1, 0.15) is 25.7 Å². The number of amides is 1. The average Bonchev–Trinajstić information content (AvgIpc) is 2.42. The molecule has 1 amide bonds. The summed E-state index contributed by atoms with van der Waals surface area (Å²) in [5.74, 6) is 0.217. The molecule has 1 aliphatic rings. The molecule has 0 spiro atoms. The summed E-state index contributed by atoms with van der Waals surface area (Å²) in [6.45, 7) is 5.11. The highest BCUT2D eigenvalue weighted by Gasteiger charge is 2.15. The molecular weight excluding hydrogens is 232 g/mol. The highest BCUT2D eigenvalue weighted by Crippen LogP contribution is 2.07. The first-order chi connectivity index (χ1) is 8.84. The van der Waals surface area contributed by atoms with Crippen molar-refractivity contribution in [3.63, 3.8) is 0 Å². The summed E-state index contributed by atoms with van der Waals surface area (Å²) in [4.78, 5) is 13.7. The molecular formula is C13H26N2O3. The number of methoxy groups -OCH3 is 1. The maximum Gasteiger partial charge on any atom is 0.236 e. The molecule has 1 fully saturated rings. The van der Waals surface area contributed by atoms with Crippen LogP contribution < -0.4 is 5.32 Å². The molecule has 0 bridgehead atoms. The van der Waals surface area contributed by atoms with Crippen LogP contribution in [0.15, 0.2) is 0 Å². The van der Waals surface area contributed by atoms with E-state index in [0.717, 1.165) is 52.1 Å². The Morgan fingerprint density at radius 1 is 1.17 bits per heavy atom. The van der Waals surface area contributed by atoms with Crippen molar-refractivity contribution in [3.8, 4) is 0 Å². The number of nitrogens with one attached hydrogen (secondary N) is 1. The number of ether oxygens (including phenoxy) is 2. The van der Waals surface area contributed by atoms with Crippen LogP contribution in [0.5, 0.6) is 0 Å². The number of carbonyl (C=O) groups excluding carboxylic acids is 1. The smallest absolute Gasteiger partial charge is 0.236 e. The summed E-state index contributed by atoms with van der Waals surface area (Å²) in [7, 11) is 1.69. The molecule has 1 saturated heterocycles. The lowest BCUT2D eigenvalue weighted by atomic mass is 10.1. The third-order valence-corrected chi connectivity index (χ3v) is 3.05. The fourth-order valence-corrected chi connectivity index (χ4v) is 2.00. The highest BCUT2D eigenvalue weighted by molar-refractivity contribution is 5.78. The van der Waals surface area contributed by atoms with Gasteiger partial charge in [0.2, 0.25) is 5.91 Å². The quantitative estimate of drug-likeness (QED) is 0.617. The van der Waals surface area contributed by atoms with Gasteiger partial charge >= 0.3 is 0 Å². The van der Waals surface area contributed by atoms with Crippen LogP contribution >= 0.6 is 0 Å². The van der Waals surface area contributed by atoms with Gasteiger partial charge in [-0.25, -0.2) is 0 Å². The van der Waals surface area contributed by atoms with Gasteiger partial charge in [0.15, 0.2) is 0 Å². The van der Waals surface area contributed by atoms with Crippen molar-refractivity contribution in [1.82, 2.24) is 10.2 Å². The molecule has 5 heteroatoms. The Morgan fingerprint density at radius 3 is 2.67 bits per heavy atom. The molecule has 5 nitrogen and oxygen atoms in total. The van der Waals surface area contributed by atoms with E-state index in [0.29, 0.717) is 13.2 Å². The van der Waals surface area contributed by atoms with E-state index < -0.39 is 0 Å². The van der Waals surface area contributed by atoms with E-state index in [1.54, 1.807) is 7.11 Å². The maximum atomic E-state index is 11.8. The van der Waals surface area contributed by atoms with Gasteiger partial charge in [-0.3, -0.25) is 4.79 Å². The molecule has 0 aromatic rings. The number of hydrogen-bond acceptors (Lipinski definition) is 4. The molecule has 0 aromatic heterocycles. The second-order valence-electron chi connectivity index (χ2n) is 4.58. The van der Waals surface area contributed by atoms with E-state index in [1.165, 1.54) is 6.42 Å². The van der Waals surface area contributed by atoms with Crippen LogP contribution in [0.3, 0.4) is 0 Å². The van der Waals surface area contributed by atoms with Crippen molar-refractivity contribution in [2.45, 2.75) is 25.7 Å². The Bertz CT molecular complexity index is 218. The van der Waals surface area contributed by atoms with Crippen LogP contribution in [0.2, 0.25) is 0 Å². The van der Waals surface area contributed by atoms with Gasteiger partial charge in [0.25, 0.3) is 0 Å². The van der Waals surface area contributed by atoms with E-state index >= 15 is 0 Å². The second kappa shape index (κ2) is 10.3. The molecule has 0 radical (unpaired) electrons. The zero-order chi connectivity index (χ0) is 13.1. The van der Waals surface area contributed by atoms with Crippen molar-refractivity contribution < 1.29 is 14.3 Å². The first-order valence-electron chi connectivity index (χ1n) is 6.90. The van der Waals surface area contributed by atoms with Gasteiger partial charge in [-0.05, 0) is 25.7 Å². The lowest BCUT2D eigenvalue weighted by Crippen LogP contribution is -2.41. The van der Waals surface area contributed by atoms with Gasteiger partial charge in [0.05, 0.1) is 13.2 Å². The van der Waals surface area contributed by atoms with Crippen molar-refractivity contribution in [3.05, 3.63) is 0 Å². The van der Waals surface area contributed by atoms with Crippen molar-refractivity contribution in [2.75, 3.05) is 53.1 Å². The molecule has 106 valence electrons. The van der Waals surface area contributed by atoms with Crippen LogP contribution in [-0.2, 0) is 14.3 Å². The highest BCUT2D eigenvalue weighted by atomic mass is 16.5. The van der Waals surface area contributed by atoms with Gasteiger partial charge in [0, 0.05) is 40.0 Å². The monoisotopic (exact) mass is 258 g/mol. The normalized spacial score (nSPS) is 15.9. The minimum absolute atomic E-state index is 0.217. The summed E-state index contributed by atoms with van der Waals surface area (Å²) in [6, 6.07) is 0. The maximum absolute atomic E-state index is 11.8. The largest absolute Gasteiger partial charge is 0.385 e. The number of piperidine rings is 1. The third-order valence-electron chi connectivity index (χ3n) is 3.05. The molecule has 0 aromatic carbocycles. The summed E-state index contributed by atoms with van der Waals surface area (Å²) < 4.78 is 10.3. The first-order valence-corrected chi connectivity index (χ1v) is 6.90. The molecule has 0 unspecified atom stereocenters. The molecule has 0 saturated carbocycles. The minimum atomic E-state index is 0.217. The first kappa shape index (κ1) is 15.4. The van der Waals surface area contributed by atoms with Gasteiger partial charge in [-0.1, -0.05) is 0 Å². The Labute approximate surface area is 110 Å². The molecule has 1 aliphatic heterocycles. The molecule has 1 N–H and O–H groups in total. The number of hydrogen-bond donors (Lipinski definition) is 1. The topological polar surface area (TPSA) is 50.8 Å². The Kier molecular flexibility index (Phi) is 8.81. The Hall–Kier alpha value is -0.650. The molecule has 1 heterocycles. The molecule has 18 heavy (non-hydrogen) atoms. The predicted molar refractivity (Wildman–Crippen MR) is 70.6 cm³/mol. The van der Waals surface area contributed by atoms with E-state index in [1.807, 2.05) is 4.90 Å². The lowest BCUT2D eigenvalue weighted by molar-refractivity contribution is -0.131. The van der Waals surface area contributed by atoms with Gasteiger partial charge in [-0.15, -0.1) is 0 Å². The fraction of sp³-hybridized carbons (Fsp3) is 0.923. The number of carbonyl (C=O) groups is 1. The third kappa shape index (κ3) is 6.93. The minimum Gasteiger partial charge on any atom is -0.385 e. The fourth-order valence-electron chi connectivity index (χ4n) is 2.00. The van der Waals surface area contributed by atoms with Crippen LogP contribution in [-0.4, -0.2) is 63.9 Å². The van der Waals surface area contributed by atoms with Crippen LogP contribution in [0.25, 0.3) is 0 Å². The molecule has 0 aliphatic carbocycles. The van der Waals surface area contributed by atoms with E-state index in [4.69, 9.17) is 9.47 Å². The average molecular weight is 258 g/mol. The summed E-state index contributed by atoms with van der Waals surface area (Å²) in [6.07, 6.45) is 4.47. The van der Waals surface area contributed by atoms with Crippen molar-refractivity contribution in [2.24, 2.45) is 0 Å². The SMILES string of the molecule is COCCCOCCNCC(=O)N1CCCCC1. The number of likely N-dealkylation sites (tertiary alicyclic amines) is 1. The van der Waals surface area contributed by atoms with Crippen molar-refractivity contribution >= 4 is 5.91 Å². The van der Waals surface area contributed by atoms with Gasteiger partial charge in [-0.2, -0.15) is 0 Å². The van der Waals surface area contributed by atoms with E-state index in [-0.39, 0.29) is 5.91 Å². The zero-order valence-corrected chi connectivity index (χ0v) is 11.5. The zero-order valence-electron chi connectivity index (χ0n) is 11.5. The molecule has 0 atom stereocenters. The number of rotatable bonds is 9. The number of nitrogens with zero attached hydrogens (tertiary/aromatic N) is 1. The van der Waals surface area contributed by atoms with Crippen LogP contribution in [0, 0.1) is 0 Å². The van der Waals surface area contributed by atoms with Crippen LogP contribution in [0.4, 0.5) is 0 Å². The summed E-state index contributed by atoms with van der Waals surface area (Å²) in [5.41, 5.74) is 0. The lowest BCUT2D eigenvalue weighted by Gasteiger charge is -2.26. The molecule has 1 rings (SSSR count). The standard InChI is InChI=1S/C13H26N2O3/c1-17-9-5-10-18-11-6-14-12-13(16)15-7-3-2-4-8-15/h14H,2-12H2,1H3. The van der Waals surface area contributed by atoms with E-state index in [2.05, 4.69) is 5.32 Å². The van der Waals surface area contributed by atoms with E-state index in [9.17, 15) is 4.79 Å². The summed E-state index contributed by atoms with van der Waals surface area (Å²) in [5, 5.41) is 3.13. The Morgan fingerprint density at radius 2 is 1.94 bits per heavy atom. The van der Waals surface area contributed by atoms with Gasteiger partial charge < -0.3 is 19.7 Å². The summed E-state index contributed by atoms with van der Waals surface area (Å²) >= 11 is 0. The second-order valence-corrected chi connectivity index (χ2v) is 4.58. The van der Waals surface area contributed by atoms with Crippen molar-refractivity contribution in [1.29, 1.82) is 0 Å². The van der Waals surface area contributed by atoms with Gasteiger partial charge in [0.1, 0.15) is 0 Å². The Balaban J connectivity index is 1.89. The predicted octanol–water partition coefficient (Wildman–Crippen LogP) is 0.642.